The lowest BCUT2D eigenvalue weighted by Crippen LogP contribution is -2.48. The van der Waals surface area contributed by atoms with E-state index in [-0.39, 0.29) is 29.4 Å². The molecule has 0 radical (unpaired) electrons. The van der Waals surface area contributed by atoms with Gasteiger partial charge in [0.25, 0.3) is 0 Å². The molecule has 2 fully saturated rings. The van der Waals surface area contributed by atoms with E-state index in [2.05, 4.69) is 26.1 Å². The molecule has 0 aromatic rings. The van der Waals surface area contributed by atoms with Crippen molar-refractivity contribution in [1.29, 1.82) is 0 Å². The maximum atomic E-state index is 11.8. The lowest BCUT2D eigenvalue weighted by atomic mass is 9.79. The first-order valence-corrected chi connectivity index (χ1v) is 6.09. The van der Waals surface area contributed by atoms with Gasteiger partial charge >= 0.3 is 12.0 Å². The van der Waals surface area contributed by atoms with E-state index in [1.165, 1.54) is 0 Å². The Morgan fingerprint density at radius 3 is 2.41 bits per heavy atom. The number of carboxylic acid groups (broad SMARTS) is 1. The Kier molecular flexibility index (Phi) is 2.79. The first-order chi connectivity index (χ1) is 7.79. The van der Waals surface area contributed by atoms with Gasteiger partial charge in [-0.15, -0.1) is 0 Å². The second-order valence-corrected chi connectivity index (χ2v) is 6.18. The minimum atomic E-state index is -0.742. The summed E-state index contributed by atoms with van der Waals surface area (Å²) < 4.78 is 0. The van der Waals surface area contributed by atoms with Crippen molar-refractivity contribution in [2.24, 2.45) is 11.3 Å². The van der Waals surface area contributed by atoms with Gasteiger partial charge in [0.05, 0.1) is 12.0 Å². The van der Waals surface area contributed by atoms with E-state index in [1.807, 2.05) is 0 Å². The fraction of sp³-hybridized carbons (Fsp3) is 0.833. The molecule has 5 nitrogen and oxygen atoms in total. The van der Waals surface area contributed by atoms with Gasteiger partial charge in [0.1, 0.15) is 0 Å². The Bertz CT molecular complexity index is 342. The van der Waals surface area contributed by atoms with Crippen LogP contribution < -0.4 is 5.32 Å². The van der Waals surface area contributed by atoms with Crippen LogP contribution in [0.2, 0.25) is 0 Å². The smallest absolute Gasteiger partial charge is 0.318 e. The summed E-state index contributed by atoms with van der Waals surface area (Å²) in [5.41, 5.74) is 0.0420. The minimum absolute atomic E-state index is 0.0420. The van der Waals surface area contributed by atoms with Crippen LogP contribution >= 0.6 is 0 Å². The Morgan fingerprint density at radius 1 is 1.41 bits per heavy atom. The highest BCUT2D eigenvalue weighted by molar-refractivity contribution is 5.78. The van der Waals surface area contributed by atoms with E-state index in [4.69, 9.17) is 5.11 Å². The van der Waals surface area contributed by atoms with E-state index in [0.29, 0.717) is 19.4 Å². The highest BCUT2D eigenvalue weighted by Gasteiger charge is 2.45. The number of aliphatic carboxylic acids is 1. The Hall–Kier alpha value is -1.26. The first-order valence-electron chi connectivity index (χ1n) is 6.09. The van der Waals surface area contributed by atoms with Gasteiger partial charge in [0.15, 0.2) is 0 Å². The van der Waals surface area contributed by atoms with Crippen molar-refractivity contribution < 1.29 is 14.7 Å². The van der Waals surface area contributed by atoms with Gasteiger partial charge in [0.2, 0.25) is 0 Å². The molecule has 2 N–H and O–H groups in total. The van der Waals surface area contributed by atoms with Crippen LogP contribution in [-0.2, 0) is 4.79 Å². The molecule has 1 atom stereocenters. The molecular formula is C12H20N2O3. The predicted molar refractivity (Wildman–Crippen MR) is 62.6 cm³/mol. The number of carbonyl (C=O) groups is 2. The quantitative estimate of drug-likeness (QED) is 0.764. The molecule has 1 aliphatic heterocycles. The fourth-order valence-electron chi connectivity index (χ4n) is 2.41. The molecule has 1 unspecified atom stereocenters. The third-order valence-electron chi connectivity index (χ3n) is 3.89. The molecule has 2 aliphatic rings. The summed E-state index contributed by atoms with van der Waals surface area (Å²) >= 11 is 0. The van der Waals surface area contributed by atoms with Crippen LogP contribution in [0, 0.1) is 11.3 Å². The van der Waals surface area contributed by atoms with E-state index in [9.17, 15) is 9.59 Å². The van der Waals surface area contributed by atoms with Gasteiger partial charge in [-0.1, -0.05) is 20.8 Å². The lowest BCUT2D eigenvalue weighted by molar-refractivity contribution is -0.146. The molecule has 17 heavy (non-hydrogen) atoms. The SMILES string of the molecule is CC(C)(C)C1CN(C2CC(C(=O)O)C2)C(=O)N1. The van der Waals surface area contributed by atoms with Crippen LogP contribution in [0.25, 0.3) is 0 Å². The molecule has 1 saturated carbocycles. The zero-order chi connectivity index (χ0) is 12.8. The van der Waals surface area contributed by atoms with Crippen molar-refractivity contribution in [3.63, 3.8) is 0 Å². The largest absolute Gasteiger partial charge is 0.481 e. The van der Waals surface area contributed by atoms with Crippen LogP contribution in [0.3, 0.4) is 0 Å². The topological polar surface area (TPSA) is 69.6 Å². The van der Waals surface area contributed by atoms with Crippen molar-refractivity contribution in [2.45, 2.75) is 45.7 Å². The number of urea groups is 1. The zero-order valence-electron chi connectivity index (χ0n) is 10.6. The minimum Gasteiger partial charge on any atom is -0.481 e. The highest BCUT2D eigenvalue weighted by atomic mass is 16.4. The summed E-state index contributed by atoms with van der Waals surface area (Å²) in [5, 5.41) is 11.8. The summed E-state index contributed by atoms with van der Waals surface area (Å²) in [6, 6.07) is 0.223. The van der Waals surface area contributed by atoms with Crippen molar-refractivity contribution in [3.8, 4) is 0 Å². The third-order valence-corrected chi connectivity index (χ3v) is 3.89. The van der Waals surface area contributed by atoms with Gasteiger partial charge in [-0.3, -0.25) is 4.79 Å². The molecule has 0 spiro atoms. The summed E-state index contributed by atoms with van der Waals surface area (Å²) in [4.78, 5) is 24.3. The molecule has 5 heteroatoms. The van der Waals surface area contributed by atoms with E-state index in [1.54, 1.807) is 4.90 Å². The molecule has 0 aromatic carbocycles. The maximum Gasteiger partial charge on any atom is 0.318 e. The summed E-state index contributed by atoms with van der Waals surface area (Å²) in [6.07, 6.45) is 1.19. The molecule has 2 amide bonds. The van der Waals surface area contributed by atoms with E-state index < -0.39 is 5.97 Å². The van der Waals surface area contributed by atoms with Gasteiger partial charge < -0.3 is 15.3 Å². The Morgan fingerprint density at radius 2 is 2.00 bits per heavy atom. The van der Waals surface area contributed by atoms with Crippen LogP contribution in [0.4, 0.5) is 4.79 Å². The fourth-order valence-corrected chi connectivity index (χ4v) is 2.41. The summed E-state index contributed by atoms with van der Waals surface area (Å²) in [6.45, 7) is 6.99. The van der Waals surface area contributed by atoms with Gasteiger partial charge in [0, 0.05) is 12.6 Å². The molecule has 0 bridgehead atoms. The number of carbonyl (C=O) groups excluding carboxylic acids is 1. The van der Waals surface area contributed by atoms with Crippen molar-refractivity contribution in [2.75, 3.05) is 6.54 Å². The number of rotatable bonds is 2. The van der Waals surface area contributed by atoms with Gasteiger partial charge in [-0.25, -0.2) is 4.79 Å². The van der Waals surface area contributed by atoms with Crippen LogP contribution in [0.5, 0.6) is 0 Å². The van der Waals surface area contributed by atoms with Gasteiger partial charge in [-0.2, -0.15) is 0 Å². The average Bonchev–Trinajstić information content (AvgIpc) is 2.44. The van der Waals surface area contributed by atoms with Crippen LogP contribution in [0.1, 0.15) is 33.6 Å². The average molecular weight is 240 g/mol. The number of amides is 2. The lowest BCUT2D eigenvalue weighted by Gasteiger charge is -2.38. The normalized spacial score (nSPS) is 33.2. The monoisotopic (exact) mass is 240 g/mol. The molecule has 96 valence electrons. The molecular weight excluding hydrogens is 220 g/mol. The Balaban J connectivity index is 1.92. The number of nitrogens with zero attached hydrogens (tertiary/aromatic N) is 1. The maximum absolute atomic E-state index is 11.8. The molecule has 2 rings (SSSR count). The number of carboxylic acids is 1. The molecule has 1 heterocycles. The van der Waals surface area contributed by atoms with Crippen molar-refractivity contribution >= 4 is 12.0 Å². The summed E-state index contributed by atoms with van der Waals surface area (Å²) in [5.74, 6) is -1.00. The second kappa shape index (κ2) is 3.89. The van der Waals surface area contributed by atoms with Crippen LogP contribution in [0.15, 0.2) is 0 Å². The van der Waals surface area contributed by atoms with Crippen molar-refractivity contribution in [3.05, 3.63) is 0 Å². The van der Waals surface area contributed by atoms with Gasteiger partial charge in [-0.05, 0) is 18.3 Å². The predicted octanol–water partition coefficient (Wildman–Crippen LogP) is 1.29. The van der Waals surface area contributed by atoms with Crippen LogP contribution in [-0.4, -0.2) is 40.6 Å². The second-order valence-electron chi connectivity index (χ2n) is 6.18. The molecule has 1 aliphatic carbocycles. The third kappa shape index (κ3) is 2.23. The molecule has 1 saturated heterocycles. The number of nitrogens with one attached hydrogen (secondary N) is 1. The van der Waals surface area contributed by atoms with E-state index in [0.717, 1.165) is 0 Å². The number of hydrogen-bond donors (Lipinski definition) is 2. The van der Waals surface area contributed by atoms with E-state index >= 15 is 0 Å². The van der Waals surface area contributed by atoms with Crippen molar-refractivity contribution in [1.82, 2.24) is 10.2 Å². The molecule has 0 aromatic heterocycles. The highest BCUT2D eigenvalue weighted by Crippen LogP contribution is 2.35. The number of hydrogen-bond acceptors (Lipinski definition) is 2. The first kappa shape index (κ1) is 12.2. The summed E-state index contributed by atoms with van der Waals surface area (Å²) in [7, 11) is 0. The Labute approximate surface area is 101 Å². The zero-order valence-corrected chi connectivity index (χ0v) is 10.6. The standard InChI is InChI=1S/C12H20N2O3/c1-12(2,3)9-6-14(11(17)13-9)8-4-7(5-8)10(15)16/h7-9H,4-6H2,1-3H3,(H,13,17)(H,15,16).